The molecule has 0 fully saturated rings. The van der Waals surface area contributed by atoms with E-state index in [0.717, 1.165) is 0 Å². The first-order chi connectivity index (χ1) is 15.0. The van der Waals surface area contributed by atoms with Gasteiger partial charge in [0.25, 0.3) is 11.8 Å². The van der Waals surface area contributed by atoms with Gasteiger partial charge in [-0.25, -0.2) is 9.97 Å². The van der Waals surface area contributed by atoms with Crippen LogP contribution in [0.15, 0.2) is 83.3 Å². The number of phenolic OH excluding ortho intramolecular Hbond substituents is 1. The highest BCUT2D eigenvalue weighted by Crippen LogP contribution is 2.38. The first-order valence-electron chi connectivity index (χ1n) is 9.18. The third kappa shape index (κ3) is 4.06. The number of amides is 2. The number of aromatic nitrogens is 2. The first kappa shape index (κ1) is 19.6. The number of para-hydroxylation sites is 1. The average molecular weight is 412 g/mol. The van der Waals surface area contributed by atoms with E-state index in [9.17, 15) is 14.7 Å². The maximum absolute atomic E-state index is 13.0. The van der Waals surface area contributed by atoms with Crippen LogP contribution in [0.2, 0.25) is 0 Å². The highest BCUT2D eigenvalue weighted by Gasteiger charge is 2.20. The summed E-state index contributed by atoms with van der Waals surface area (Å²) < 4.78 is 0. The molecule has 4 aromatic rings. The highest BCUT2D eigenvalue weighted by molar-refractivity contribution is 6.16. The second kappa shape index (κ2) is 8.37. The van der Waals surface area contributed by atoms with Gasteiger partial charge in [-0.15, -0.1) is 10.2 Å². The number of phenols is 1. The van der Waals surface area contributed by atoms with Crippen molar-refractivity contribution < 1.29 is 14.7 Å². The minimum absolute atomic E-state index is 0.0259. The van der Waals surface area contributed by atoms with E-state index in [1.165, 1.54) is 12.4 Å². The van der Waals surface area contributed by atoms with Gasteiger partial charge in [-0.2, -0.15) is 0 Å². The van der Waals surface area contributed by atoms with Crippen LogP contribution in [0.5, 0.6) is 5.75 Å². The smallest absolute Gasteiger partial charge is 0.271 e. The van der Waals surface area contributed by atoms with Crippen LogP contribution >= 0.6 is 0 Å². The van der Waals surface area contributed by atoms with E-state index >= 15 is 0 Å². The quantitative estimate of drug-likeness (QED) is 0.423. The Bertz CT molecular complexity index is 1320. The number of anilines is 1. The average Bonchev–Trinajstić information content (AvgIpc) is 2.78. The van der Waals surface area contributed by atoms with Crippen molar-refractivity contribution in [3.63, 3.8) is 0 Å². The summed E-state index contributed by atoms with van der Waals surface area (Å²) in [5.41, 5.74) is 5.77. The standard InChI is InChI=1S/C22H16N6O3/c23-20(30)18-21(25-11-10-24-18)28-27-16-12-13-6-4-5-9-15(13)17(19(16)29)22(31)26-14-7-2-1-3-8-14/h1-12,29H,(H2,23,30)(H,26,31). The maximum Gasteiger partial charge on any atom is 0.271 e. The van der Waals surface area contributed by atoms with Crippen molar-refractivity contribution in [3.8, 4) is 5.75 Å². The van der Waals surface area contributed by atoms with Gasteiger partial charge in [-0.05, 0) is 29.0 Å². The molecule has 31 heavy (non-hydrogen) atoms. The number of nitrogens with one attached hydrogen (secondary N) is 1. The zero-order valence-electron chi connectivity index (χ0n) is 16.1. The molecule has 9 nitrogen and oxygen atoms in total. The minimum atomic E-state index is -0.812. The highest BCUT2D eigenvalue weighted by atomic mass is 16.3. The van der Waals surface area contributed by atoms with Gasteiger partial charge in [0.05, 0.1) is 5.56 Å². The number of aromatic hydroxyl groups is 1. The molecule has 4 N–H and O–H groups in total. The zero-order valence-corrected chi connectivity index (χ0v) is 16.1. The molecule has 152 valence electrons. The van der Waals surface area contributed by atoms with Gasteiger partial charge in [0.2, 0.25) is 5.82 Å². The fourth-order valence-electron chi connectivity index (χ4n) is 3.02. The number of rotatable bonds is 5. The van der Waals surface area contributed by atoms with Gasteiger partial charge in [-0.3, -0.25) is 9.59 Å². The predicted octanol–water partition coefficient (Wildman–Crippen LogP) is 4.10. The lowest BCUT2D eigenvalue weighted by molar-refractivity contribution is 0.0993. The van der Waals surface area contributed by atoms with Crippen molar-refractivity contribution in [2.24, 2.45) is 16.0 Å². The Hall–Kier alpha value is -4.66. The number of hydrogen-bond acceptors (Lipinski definition) is 7. The van der Waals surface area contributed by atoms with Crippen LogP contribution in [-0.4, -0.2) is 26.9 Å². The Morgan fingerprint density at radius 2 is 1.65 bits per heavy atom. The molecule has 0 unspecified atom stereocenters. The Morgan fingerprint density at radius 3 is 2.42 bits per heavy atom. The number of primary amides is 1. The third-order valence-corrected chi connectivity index (χ3v) is 4.43. The molecular formula is C22H16N6O3. The fourth-order valence-corrected chi connectivity index (χ4v) is 3.02. The Balaban J connectivity index is 1.80. The topological polar surface area (TPSA) is 143 Å². The van der Waals surface area contributed by atoms with E-state index in [2.05, 4.69) is 25.5 Å². The summed E-state index contributed by atoms with van der Waals surface area (Å²) in [4.78, 5) is 32.3. The lowest BCUT2D eigenvalue weighted by Crippen LogP contribution is -2.13. The number of carbonyl (C=O) groups excluding carboxylic acids is 2. The first-order valence-corrected chi connectivity index (χ1v) is 9.18. The Labute approximate surface area is 176 Å². The lowest BCUT2D eigenvalue weighted by Gasteiger charge is -2.12. The van der Waals surface area contributed by atoms with Crippen molar-refractivity contribution in [3.05, 3.63) is 84.3 Å². The van der Waals surface area contributed by atoms with Gasteiger partial charge < -0.3 is 16.2 Å². The van der Waals surface area contributed by atoms with Crippen molar-refractivity contribution in [1.29, 1.82) is 0 Å². The summed E-state index contributed by atoms with van der Waals surface area (Å²) in [7, 11) is 0. The molecule has 0 atom stereocenters. The van der Waals surface area contributed by atoms with Gasteiger partial charge in [-0.1, -0.05) is 42.5 Å². The summed E-state index contributed by atoms with van der Waals surface area (Å²) in [6.45, 7) is 0. The van der Waals surface area contributed by atoms with Gasteiger partial charge in [0, 0.05) is 18.1 Å². The summed E-state index contributed by atoms with van der Waals surface area (Å²) in [6.07, 6.45) is 2.64. The SMILES string of the molecule is NC(=O)c1nccnc1N=Nc1cc2ccccc2c(C(=O)Nc2ccccc2)c1O. The van der Waals surface area contributed by atoms with E-state index in [1.54, 1.807) is 54.6 Å². The molecule has 1 aromatic heterocycles. The van der Waals surface area contributed by atoms with Crippen LogP contribution in [0.25, 0.3) is 10.8 Å². The van der Waals surface area contributed by atoms with Crippen LogP contribution in [-0.2, 0) is 0 Å². The lowest BCUT2D eigenvalue weighted by atomic mass is 10.0. The molecule has 2 amide bonds. The number of azo groups is 1. The van der Waals surface area contributed by atoms with E-state index in [4.69, 9.17) is 5.73 Å². The van der Waals surface area contributed by atoms with Crippen LogP contribution in [0.3, 0.4) is 0 Å². The number of hydrogen-bond donors (Lipinski definition) is 3. The predicted molar refractivity (Wildman–Crippen MR) is 115 cm³/mol. The van der Waals surface area contributed by atoms with Crippen LogP contribution < -0.4 is 11.1 Å². The van der Waals surface area contributed by atoms with Crippen molar-refractivity contribution in [2.75, 3.05) is 5.32 Å². The summed E-state index contributed by atoms with van der Waals surface area (Å²) >= 11 is 0. The maximum atomic E-state index is 13.0. The van der Waals surface area contributed by atoms with Gasteiger partial charge >= 0.3 is 0 Å². The van der Waals surface area contributed by atoms with Crippen molar-refractivity contribution in [2.45, 2.75) is 0 Å². The van der Waals surface area contributed by atoms with E-state index < -0.39 is 11.8 Å². The van der Waals surface area contributed by atoms with Gasteiger partial charge in [0.1, 0.15) is 5.69 Å². The Morgan fingerprint density at radius 1 is 0.935 bits per heavy atom. The normalized spacial score (nSPS) is 11.0. The molecule has 0 aliphatic heterocycles. The third-order valence-electron chi connectivity index (χ3n) is 4.43. The molecule has 1 heterocycles. The minimum Gasteiger partial charge on any atom is -0.505 e. The molecule has 0 radical (unpaired) electrons. The zero-order chi connectivity index (χ0) is 21.8. The molecule has 3 aromatic carbocycles. The van der Waals surface area contributed by atoms with Crippen molar-refractivity contribution >= 4 is 39.8 Å². The largest absolute Gasteiger partial charge is 0.505 e. The van der Waals surface area contributed by atoms with E-state index in [1.807, 2.05) is 6.07 Å². The van der Waals surface area contributed by atoms with E-state index in [-0.39, 0.29) is 28.5 Å². The van der Waals surface area contributed by atoms with Crippen LogP contribution in [0, 0.1) is 0 Å². The molecule has 9 heteroatoms. The monoisotopic (exact) mass is 412 g/mol. The second-order valence-corrected chi connectivity index (χ2v) is 6.45. The molecule has 0 saturated heterocycles. The molecule has 0 aliphatic carbocycles. The van der Waals surface area contributed by atoms with E-state index in [0.29, 0.717) is 16.5 Å². The number of nitrogens with zero attached hydrogens (tertiary/aromatic N) is 4. The number of fused-ring (bicyclic) bond motifs is 1. The van der Waals surface area contributed by atoms with Gasteiger partial charge in [0.15, 0.2) is 11.4 Å². The summed E-state index contributed by atoms with van der Waals surface area (Å²) in [5, 5.41) is 22.7. The summed E-state index contributed by atoms with van der Waals surface area (Å²) in [6, 6.07) is 17.5. The van der Waals surface area contributed by atoms with Crippen LogP contribution in [0.4, 0.5) is 17.2 Å². The molecule has 0 spiro atoms. The fraction of sp³-hybridized carbons (Fsp3) is 0. The second-order valence-electron chi connectivity index (χ2n) is 6.45. The number of nitrogens with two attached hydrogens (primary N) is 1. The molecule has 0 saturated carbocycles. The molecule has 0 bridgehead atoms. The number of carbonyl (C=O) groups is 2. The number of benzene rings is 3. The molecular weight excluding hydrogens is 396 g/mol. The van der Waals surface area contributed by atoms with Crippen molar-refractivity contribution in [1.82, 2.24) is 9.97 Å². The summed E-state index contributed by atoms with van der Waals surface area (Å²) in [5.74, 6) is -1.78. The van der Waals surface area contributed by atoms with Crippen LogP contribution in [0.1, 0.15) is 20.8 Å². The molecule has 4 rings (SSSR count). The Kier molecular flexibility index (Phi) is 5.31. The molecule has 0 aliphatic rings.